The number of nitrogens with zero attached hydrogens (tertiary/aromatic N) is 1. The highest BCUT2D eigenvalue weighted by atomic mass is 32.1. The van der Waals surface area contributed by atoms with Crippen LogP contribution in [-0.2, 0) is 22.6 Å². The monoisotopic (exact) mass is 321 g/mol. The van der Waals surface area contributed by atoms with Gasteiger partial charge in [-0.1, -0.05) is 6.42 Å². The van der Waals surface area contributed by atoms with E-state index in [0.717, 1.165) is 31.2 Å². The number of amides is 1. The van der Waals surface area contributed by atoms with Crippen LogP contribution in [-0.4, -0.2) is 41.1 Å². The van der Waals surface area contributed by atoms with Crippen LogP contribution in [0.25, 0.3) is 0 Å². The number of fused-ring (bicyclic) bond motifs is 2. The molecule has 3 atom stereocenters. The summed E-state index contributed by atoms with van der Waals surface area (Å²) in [6.45, 7) is 1.86. The van der Waals surface area contributed by atoms with Gasteiger partial charge in [-0.2, -0.15) is 0 Å². The van der Waals surface area contributed by atoms with E-state index in [9.17, 15) is 14.7 Å². The molecule has 1 saturated heterocycles. The molecule has 5 nitrogen and oxygen atoms in total. The van der Waals surface area contributed by atoms with Crippen LogP contribution >= 0.6 is 11.3 Å². The molecule has 0 spiro atoms. The van der Waals surface area contributed by atoms with Gasteiger partial charge in [0, 0.05) is 17.8 Å². The Labute approximate surface area is 132 Å². The van der Waals surface area contributed by atoms with Crippen LogP contribution in [0.5, 0.6) is 0 Å². The molecule has 3 aliphatic rings. The van der Waals surface area contributed by atoms with E-state index in [1.807, 2.05) is 6.07 Å². The van der Waals surface area contributed by atoms with Crippen molar-refractivity contribution in [3.8, 4) is 0 Å². The van der Waals surface area contributed by atoms with Gasteiger partial charge in [0.05, 0.1) is 18.1 Å². The molecule has 3 heterocycles. The number of carboxylic acid groups (broad SMARTS) is 1. The van der Waals surface area contributed by atoms with Gasteiger partial charge in [-0.15, -0.1) is 11.3 Å². The van der Waals surface area contributed by atoms with Crippen LogP contribution < -0.4 is 0 Å². The van der Waals surface area contributed by atoms with E-state index in [1.54, 1.807) is 4.90 Å². The maximum Gasteiger partial charge on any atom is 0.326 e. The smallest absolute Gasteiger partial charge is 0.326 e. The fraction of sp³-hybridized carbons (Fsp3) is 0.625. The number of carboxylic acids is 1. The van der Waals surface area contributed by atoms with Gasteiger partial charge in [0.15, 0.2) is 0 Å². The molecular weight excluding hydrogens is 302 g/mol. The van der Waals surface area contributed by atoms with E-state index in [4.69, 9.17) is 4.74 Å². The molecule has 1 amide bonds. The van der Waals surface area contributed by atoms with Gasteiger partial charge in [0.2, 0.25) is 0 Å². The van der Waals surface area contributed by atoms with Crippen LogP contribution in [0.2, 0.25) is 0 Å². The second-order valence-corrected chi connectivity index (χ2v) is 7.59. The summed E-state index contributed by atoms with van der Waals surface area (Å²) in [6.07, 6.45) is 3.92. The molecule has 0 bridgehead atoms. The first-order chi connectivity index (χ1) is 10.6. The lowest BCUT2D eigenvalue weighted by atomic mass is 9.94. The van der Waals surface area contributed by atoms with Crippen molar-refractivity contribution < 1.29 is 19.4 Å². The van der Waals surface area contributed by atoms with Crippen molar-refractivity contribution in [3.05, 3.63) is 21.4 Å². The highest BCUT2D eigenvalue weighted by molar-refractivity contribution is 7.14. The first-order valence-corrected chi connectivity index (χ1v) is 8.70. The number of carbonyl (C=O) groups excluding carboxylic acids is 1. The number of thiophene rings is 1. The molecule has 1 aromatic rings. The van der Waals surface area contributed by atoms with Crippen LogP contribution in [0.4, 0.5) is 0 Å². The molecule has 4 rings (SSSR count). The number of aliphatic carboxylic acids is 1. The SMILES string of the molecule is O=C(O)C1C2CCCC2CN1C(=O)c1cc2c(s1)CCOC2. The molecule has 1 saturated carbocycles. The Bertz CT molecular complexity index is 602. The lowest BCUT2D eigenvalue weighted by Crippen LogP contribution is -2.43. The van der Waals surface area contributed by atoms with Gasteiger partial charge in [0.25, 0.3) is 5.91 Å². The van der Waals surface area contributed by atoms with Gasteiger partial charge in [-0.05, 0) is 36.3 Å². The Hall–Kier alpha value is -1.40. The van der Waals surface area contributed by atoms with E-state index < -0.39 is 12.0 Å². The normalized spacial score (nSPS) is 30.2. The number of rotatable bonds is 2. The number of hydrogen-bond acceptors (Lipinski definition) is 4. The third-order valence-corrected chi connectivity index (χ3v) is 6.47. The topological polar surface area (TPSA) is 66.8 Å². The summed E-state index contributed by atoms with van der Waals surface area (Å²) in [6, 6.07) is 1.25. The molecule has 1 aromatic heterocycles. The van der Waals surface area contributed by atoms with Crippen molar-refractivity contribution in [1.29, 1.82) is 0 Å². The lowest BCUT2D eigenvalue weighted by Gasteiger charge is -2.23. The average molecular weight is 321 g/mol. The molecule has 2 fully saturated rings. The quantitative estimate of drug-likeness (QED) is 0.906. The van der Waals surface area contributed by atoms with Crippen LogP contribution in [0.15, 0.2) is 6.07 Å². The predicted molar refractivity (Wildman–Crippen MR) is 81.0 cm³/mol. The van der Waals surface area contributed by atoms with Crippen molar-refractivity contribution in [2.24, 2.45) is 11.8 Å². The van der Waals surface area contributed by atoms with E-state index in [2.05, 4.69) is 0 Å². The van der Waals surface area contributed by atoms with Crippen molar-refractivity contribution >= 4 is 23.2 Å². The summed E-state index contributed by atoms with van der Waals surface area (Å²) in [5.74, 6) is -0.462. The largest absolute Gasteiger partial charge is 0.480 e. The molecular formula is C16H19NO4S. The average Bonchev–Trinajstić information content (AvgIpc) is 3.18. The lowest BCUT2D eigenvalue weighted by molar-refractivity contribution is -0.142. The fourth-order valence-electron chi connectivity index (χ4n) is 4.23. The Morgan fingerprint density at radius 2 is 2.23 bits per heavy atom. The summed E-state index contributed by atoms with van der Waals surface area (Å²) in [5.41, 5.74) is 1.09. The van der Waals surface area contributed by atoms with Gasteiger partial charge in [-0.3, -0.25) is 4.79 Å². The van der Waals surface area contributed by atoms with Crippen molar-refractivity contribution in [2.75, 3.05) is 13.2 Å². The zero-order valence-electron chi connectivity index (χ0n) is 12.3. The molecule has 0 aromatic carbocycles. The van der Waals surface area contributed by atoms with Gasteiger partial charge >= 0.3 is 5.97 Å². The van der Waals surface area contributed by atoms with E-state index >= 15 is 0 Å². The minimum absolute atomic E-state index is 0.110. The zero-order chi connectivity index (χ0) is 15.3. The number of carbonyl (C=O) groups is 2. The molecule has 0 radical (unpaired) electrons. The van der Waals surface area contributed by atoms with Crippen LogP contribution in [0.1, 0.15) is 39.4 Å². The van der Waals surface area contributed by atoms with Crippen molar-refractivity contribution in [3.63, 3.8) is 0 Å². The standard InChI is InChI=1S/C16H19NO4S/c18-15(13-6-10-8-21-5-4-12(10)22-13)17-7-9-2-1-3-11(9)14(17)16(19)20/h6,9,11,14H,1-5,7-8H2,(H,19,20). The molecule has 1 aliphatic carbocycles. The van der Waals surface area contributed by atoms with Crippen molar-refractivity contribution in [1.82, 2.24) is 4.90 Å². The molecule has 22 heavy (non-hydrogen) atoms. The second kappa shape index (κ2) is 5.35. The zero-order valence-corrected chi connectivity index (χ0v) is 13.1. The maximum absolute atomic E-state index is 12.8. The second-order valence-electron chi connectivity index (χ2n) is 6.46. The molecule has 1 N–H and O–H groups in total. The van der Waals surface area contributed by atoms with Crippen LogP contribution in [0.3, 0.4) is 0 Å². The highest BCUT2D eigenvalue weighted by Crippen LogP contribution is 2.43. The molecule has 6 heteroatoms. The summed E-state index contributed by atoms with van der Waals surface area (Å²) < 4.78 is 5.42. The third kappa shape index (κ3) is 2.16. The first kappa shape index (κ1) is 14.2. The van der Waals surface area contributed by atoms with E-state index in [-0.39, 0.29) is 11.8 Å². The predicted octanol–water partition coefficient (Wildman–Crippen LogP) is 2.15. The third-order valence-electron chi connectivity index (χ3n) is 5.24. The number of ether oxygens (including phenoxy) is 1. The minimum Gasteiger partial charge on any atom is -0.480 e. The van der Waals surface area contributed by atoms with Crippen molar-refractivity contribution in [2.45, 2.75) is 38.3 Å². The Morgan fingerprint density at radius 1 is 1.36 bits per heavy atom. The number of hydrogen-bond donors (Lipinski definition) is 1. The van der Waals surface area contributed by atoms with Crippen LogP contribution in [0, 0.1) is 11.8 Å². The minimum atomic E-state index is -0.854. The molecule has 118 valence electrons. The Kier molecular flexibility index (Phi) is 3.46. The molecule has 2 aliphatic heterocycles. The first-order valence-electron chi connectivity index (χ1n) is 7.88. The summed E-state index contributed by atoms with van der Waals surface area (Å²) in [4.78, 5) is 28.0. The Morgan fingerprint density at radius 3 is 3.00 bits per heavy atom. The summed E-state index contributed by atoms with van der Waals surface area (Å²) in [7, 11) is 0. The van der Waals surface area contributed by atoms with E-state index in [1.165, 1.54) is 16.2 Å². The maximum atomic E-state index is 12.8. The van der Waals surface area contributed by atoms with Gasteiger partial charge in [0.1, 0.15) is 6.04 Å². The summed E-state index contributed by atoms with van der Waals surface area (Å²) in [5, 5.41) is 9.58. The number of likely N-dealkylation sites (tertiary alicyclic amines) is 1. The Balaban J connectivity index is 1.61. The fourth-order valence-corrected chi connectivity index (χ4v) is 5.33. The van der Waals surface area contributed by atoms with Gasteiger partial charge in [-0.25, -0.2) is 4.79 Å². The summed E-state index contributed by atoms with van der Waals surface area (Å²) >= 11 is 1.51. The van der Waals surface area contributed by atoms with E-state index in [0.29, 0.717) is 30.6 Å². The highest BCUT2D eigenvalue weighted by Gasteiger charge is 2.49. The van der Waals surface area contributed by atoms with Gasteiger partial charge < -0.3 is 14.7 Å². The molecule has 3 unspecified atom stereocenters.